The molecular weight excluding hydrogens is 184 g/mol. The van der Waals surface area contributed by atoms with Crippen molar-refractivity contribution >= 4 is 17.5 Å². The van der Waals surface area contributed by atoms with Gasteiger partial charge in [-0.05, 0) is 0 Å². The van der Waals surface area contributed by atoms with Crippen LogP contribution >= 0.6 is 11.8 Å². The summed E-state index contributed by atoms with van der Waals surface area (Å²) in [4.78, 5) is 0. The predicted molar refractivity (Wildman–Crippen MR) is 56.3 cm³/mol. The summed E-state index contributed by atoms with van der Waals surface area (Å²) in [6, 6.07) is 0. The molecule has 0 amide bonds. The lowest BCUT2D eigenvalue weighted by molar-refractivity contribution is 0.0391. The normalized spacial score (nSPS) is 32.8. The highest BCUT2D eigenvalue weighted by molar-refractivity contribution is 8.00. The maximum Gasteiger partial charge on any atom is 0.0659 e. The number of hydrogen-bond donors (Lipinski definition) is 0. The minimum Gasteiger partial charge on any atom is -0.378 e. The van der Waals surface area contributed by atoms with Crippen molar-refractivity contribution < 1.29 is 4.74 Å². The Kier molecular flexibility index (Phi) is 3.11. The highest BCUT2D eigenvalue weighted by Crippen LogP contribution is 2.21. The third-order valence-corrected chi connectivity index (χ3v) is 3.68. The molecule has 3 nitrogen and oxygen atoms in total. The van der Waals surface area contributed by atoms with Crippen molar-refractivity contribution in [2.45, 2.75) is 6.92 Å². The van der Waals surface area contributed by atoms with Crippen molar-refractivity contribution in [1.82, 2.24) is 5.01 Å². The lowest BCUT2D eigenvalue weighted by Gasteiger charge is -2.25. The largest absolute Gasteiger partial charge is 0.378 e. The molecule has 4 heteroatoms. The molecule has 2 heterocycles. The van der Waals surface area contributed by atoms with E-state index in [4.69, 9.17) is 4.74 Å². The van der Waals surface area contributed by atoms with Crippen molar-refractivity contribution in [1.29, 1.82) is 0 Å². The van der Waals surface area contributed by atoms with Crippen LogP contribution in [0.2, 0.25) is 0 Å². The van der Waals surface area contributed by atoms with E-state index < -0.39 is 0 Å². The molecule has 2 aliphatic heterocycles. The molecule has 13 heavy (non-hydrogen) atoms. The highest BCUT2D eigenvalue weighted by atomic mass is 32.2. The number of thioether (sulfide) groups is 1. The number of hydrogen-bond acceptors (Lipinski definition) is 4. The molecular formula is C9H16N2OS. The first-order valence-corrected chi connectivity index (χ1v) is 5.99. The topological polar surface area (TPSA) is 24.8 Å². The van der Waals surface area contributed by atoms with E-state index in [0.29, 0.717) is 5.92 Å². The number of rotatable bonds is 1. The first-order valence-electron chi connectivity index (χ1n) is 4.84. The van der Waals surface area contributed by atoms with Crippen LogP contribution in [-0.4, -0.2) is 48.5 Å². The summed E-state index contributed by atoms with van der Waals surface area (Å²) in [5.74, 6) is 3.04. The Hall–Kier alpha value is -0.220. The van der Waals surface area contributed by atoms with Gasteiger partial charge >= 0.3 is 0 Å². The zero-order chi connectivity index (χ0) is 9.10. The number of ether oxygens (including phenoxy) is 1. The van der Waals surface area contributed by atoms with Gasteiger partial charge in [0.25, 0.3) is 0 Å². The zero-order valence-electron chi connectivity index (χ0n) is 8.03. The van der Waals surface area contributed by atoms with Gasteiger partial charge in [0.15, 0.2) is 0 Å². The van der Waals surface area contributed by atoms with E-state index in [9.17, 15) is 0 Å². The lowest BCUT2D eigenvalue weighted by atomic mass is 10.1. The Labute approximate surface area is 83.5 Å². The van der Waals surface area contributed by atoms with Crippen LogP contribution in [0.1, 0.15) is 6.92 Å². The predicted octanol–water partition coefficient (Wildman–Crippen LogP) is 1.06. The Balaban J connectivity index is 1.93. The van der Waals surface area contributed by atoms with Gasteiger partial charge in [-0.1, -0.05) is 6.92 Å². The van der Waals surface area contributed by atoms with Gasteiger partial charge < -0.3 is 4.74 Å². The average Bonchev–Trinajstić information content (AvgIpc) is 2.54. The van der Waals surface area contributed by atoms with Crippen molar-refractivity contribution in [3.8, 4) is 0 Å². The van der Waals surface area contributed by atoms with E-state index in [0.717, 1.165) is 32.1 Å². The minimum absolute atomic E-state index is 0.674. The summed E-state index contributed by atoms with van der Waals surface area (Å²) in [5.41, 5.74) is 1.37. The molecule has 1 atom stereocenters. The van der Waals surface area contributed by atoms with Crippen LogP contribution in [-0.2, 0) is 4.74 Å². The van der Waals surface area contributed by atoms with Crippen molar-refractivity contribution in [3.63, 3.8) is 0 Å². The molecule has 74 valence electrons. The minimum atomic E-state index is 0.674. The molecule has 0 bridgehead atoms. The summed E-state index contributed by atoms with van der Waals surface area (Å²) < 4.78 is 5.27. The molecule has 1 unspecified atom stereocenters. The molecule has 0 aliphatic carbocycles. The molecule has 2 aliphatic rings. The summed E-state index contributed by atoms with van der Waals surface area (Å²) >= 11 is 1.99. The van der Waals surface area contributed by atoms with Gasteiger partial charge in [0.2, 0.25) is 0 Å². The van der Waals surface area contributed by atoms with Gasteiger partial charge in [-0.15, -0.1) is 0 Å². The average molecular weight is 200 g/mol. The fourth-order valence-corrected chi connectivity index (χ4v) is 2.76. The monoisotopic (exact) mass is 200 g/mol. The van der Waals surface area contributed by atoms with Crippen LogP contribution < -0.4 is 0 Å². The van der Waals surface area contributed by atoms with Gasteiger partial charge in [0.1, 0.15) is 0 Å². The molecule has 0 saturated carbocycles. The fourth-order valence-electron chi connectivity index (χ4n) is 1.54. The Morgan fingerprint density at radius 2 is 2.23 bits per heavy atom. The third-order valence-electron chi connectivity index (χ3n) is 2.44. The summed E-state index contributed by atoms with van der Waals surface area (Å²) in [6.07, 6.45) is 0. The Morgan fingerprint density at radius 3 is 2.85 bits per heavy atom. The van der Waals surface area contributed by atoms with E-state index >= 15 is 0 Å². The number of nitrogens with zero attached hydrogens (tertiary/aromatic N) is 2. The van der Waals surface area contributed by atoms with Crippen LogP contribution in [0.3, 0.4) is 0 Å². The number of hydrazone groups is 1. The molecule has 0 N–H and O–H groups in total. The van der Waals surface area contributed by atoms with E-state index in [-0.39, 0.29) is 0 Å². The Bertz CT molecular complexity index is 202. The first kappa shape index (κ1) is 9.34. The summed E-state index contributed by atoms with van der Waals surface area (Å²) in [6.45, 7) is 5.84. The van der Waals surface area contributed by atoms with E-state index in [1.807, 2.05) is 11.8 Å². The molecule has 0 spiro atoms. The van der Waals surface area contributed by atoms with Gasteiger partial charge in [-0.3, -0.25) is 5.01 Å². The van der Waals surface area contributed by atoms with E-state index in [2.05, 4.69) is 17.0 Å². The Morgan fingerprint density at radius 1 is 1.46 bits per heavy atom. The van der Waals surface area contributed by atoms with Gasteiger partial charge in [-0.2, -0.15) is 16.9 Å². The first-order chi connectivity index (χ1) is 6.36. The standard InChI is InChI=1S/C9H16N2OS/c1-8-6-13-7-9(8)10-11-2-4-12-5-3-11/h8H,2-7H2,1H3/b10-9-. The summed E-state index contributed by atoms with van der Waals surface area (Å²) in [5, 5.41) is 6.82. The van der Waals surface area contributed by atoms with Gasteiger partial charge in [-0.25, -0.2) is 0 Å². The molecule has 0 aromatic rings. The molecule has 2 fully saturated rings. The van der Waals surface area contributed by atoms with Gasteiger partial charge in [0.05, 0.1) is 32.0 Å². The smallest absolute Gasteiger partial charge is 0.0659 e. The van der Waals surface area contributed by atoms with Crippen molar-refractivity contribution in [3.05, 3.63) is 0 Å². The SMILES string of the molecule is CC1CSC/C1=N/N1CCOCC1. The third kappa shape index (κ3) is 2.38. The molecule has 2 saturated heterocycles. The van der Waals surface area contributed by atoms with E-state index in [1.54, 1.807) is 0 Å². The van der Waals surface area contributed by atoms with Crippen LogP contribution in [0.4, 0.5) is 0 Å². The zero-order valence-corrected chi connectivity index (χ0v) is 8.85. The number of morpholine rings is 1. The second-order valence-corrected chi connectivity index (χ2v) is 4.60. The molecule has 0 radical (unpaired) electrons. The summed E-state index contributed by atoms with van der Waals surface area (Å²) in [7, 11) is 0. The maximum absolute atomic E-state index is 5.27. The van der Waals surface area contributed by atoms with Crippen LogP contribution in [0.5, 0.6) is 0 Å². The highest BCUT2D eigenvalue weighted by Gasteiger charge is 2.20. The van der Waals surface area contributed by atoms with Crippen LogP contribution in [0, 0.1) is 5.92 Å². The van der Waals surface area contributed by atoms with E-state index in [1.165, 1.54) is 11.5 Å². The fraction of sp³-hybridized carbons (Fsp3) is 0.889. The molecule has 0 aromatic heterocycles. The quantitative estimate of drug-likeness (QED) is 0.632. The molecule has 0 aromatic carbocycles. The van der Waals surface area contributed by atoms with Crippen molar-refractivity contribution in [2.24, 2.45) is 11.0 Å². The second kappa shape index (κ2) is 4.33. The van der Waals surface area contributed by atoms with Crippen molar-refractivity contribution in [2.75, 3.05) is 37.8 Å². The molecule has 2 rings (SSSR count). The lowest BCUT2D eigenvalue weighted by Crippen LogP contribution is -2.33. The van der Waals surface area contributed by atoms with Crippen LogP contribution in [0.25, 0.3) is 0 Å². The second-order valence-electron chi connectivity index (χ2n) is 3.57. The van der Waals surface area contributed by atoms with Crippen LogP contribution in [0.15, 0.2) is 5.10 Å². The maximum atomic E-state index is 5.27. The van der Waals surface area contributed by atoms with Gasteiger partial charge in [0, 0.05) is 17.4 Å².